The summed E-state index contributed by atoms with van der Waals surface area (Å²) in [6.45, 7) is 3.82. The second-order valence-electron chi connectivity index (χ2n) is 3.88. The lowest BCUT2D eigenvalue weighted by molar-refractivity contribution is -0.148. The number of rotatable bonds is 5. The van der Waals surface area contributed by atoms with E-state index in [-0.39, 0.29) is 5.97 Å². The average molecular weight is 318 g/mol. The molecule has 0 saturated heterocycles. The highest BCUT2D eigenvalue weighted by Crippen LogP contribution is 2.23. The fourth-order valence-corrected chi connectivity index (χ4v) is 2.30. The van der Waals surface area contributed by atoms with E-state index in [1.807, 2.05) is 24.3 Å². The number of hydrogen-bond acceptors (Lipinski definition) is 4. The quantitative estimate of drug-likeness (QED) is 0.670. The number of nitrogens with two attached hydrogens (primary N) is 1. The van der Waals surface area contributed by atoms with Gasteiger partial charge >= 0.3 is 5.97 Å². The summed E-state index contributed by atoms with van der Waals surface area (Å²) in [4.78, 5) is 12.7. The molecule has 1 aromatic rings. The van der Waals surface area contributed by atoms with Crippen molar-refractivity contribution in [2.45, 2.75) is 24.3 Å². The normalized spacial score (nSPS) is 14.1. The van der Waals surface area contributed by atoms with Gasteiger partial charge in [0.05, 0.1) is 6.61 Å². The van der Waals surface area contributed by atoms with Gasteiger partial charge in [-0.2, -0.15) is 0 Å². The van der Waals surface area contributed by atoms with Crippen molar-refractivity contribution in [1.29, 1.82) is 0 Å². The number of benzene rings is 1. The molecular weight excluding hydrogens is 302 g/mol. The molecule has 0 saturated carbocycles. The van der Waals surface area contributed by atoms with Gasteiger partial charge in [0.1, 0.15) is 5.54 Å². The molecule has 0 bridgehead atoms. The SMILES string of the molecule is CCOC(=O)C(C)(N)CSc1ccc(Br)cc1. The Hall–Kier alpha value is -0.520. The third-order valence-electron chi connectivity index (χ3n) is 2.09. The highest BCUT2D eigenvalue weighted by molar-refractivity contribution is 9.10. The first-order valence-electron chi connectivity index (χ1n) is 5.30. The Balaban J connectivity index is 2.54. The summed E-state index contributed by atoms with van der Waals surface area (Å²) in [5.41, 5.74) is 4.97. The second kappa shape index (κ2) is 6.42. The van der Waals surface area contributed by atoms with Gasteiger partial charge in [-0.25, -0.2) is 0 Å². The molecule has 17 heavy (non-hydrogen) atoms. The highest BCUT2D eigenvalue weighted by Gasteiger charge is 2.29. The molecule has 5 heteroatoms. The summed E-state index contributed by atoms with van der Waals surface area (Å²) < 4.78 is 5.96. The van der Waals surface area contributed by atoms with Gasteiger partial charge in [-0.3, -0.25) is 4.79 Å². The molecule has 1 atom stereocenters. The van der Waals surface area contributed by atoms with Crippen LogP contribution in [0.2, 0.25) is 0 Å². The minimum Gasteiger partial charge on any atom is -0.465 e. The molecule has 94 valence electrons. The first-order chi connectivity index (χ1) is 7.95. The fourth-order valence-electron chi connectivity index (χ4n) is 1.12. The first-order valence-corrected chi connectivity index (χ1v) is 7.08. The number of esters is 1. The van der Waals surface area contributed by atoms with Crippen LogP contribution in [0.5, 0.6) is 0 Å². The molecule has 0 spiro atoms. The molecule has 3 nitrogen and oxygen atoms in total. The van der Waals surface area contributed by atoms with Crippen LogP contribution in [0.3, 0.4) is 0 Å². The van der Waals surface area contributed by atoms with Crippen molar-refractivity contribution in [3.63, 3.8) is 0 Å². The van der Waals surface area contributed by atoms with Crippen molar-refractivity contribution in [2.75, 3.05) is 12.4 Å². The monoisotopic (exact) mass is 317 g/mol. The van der Waals surface area contributed by atoms with E-state index in [1.165, 1.54) is 0 Å². The van der Waals surface area contributed by atoms with Gasteiger partial charge in [0.2, 0.25) is 0 Å². The summed E-state index contributed by atoms with van der Waals surface area (Å²) in [6, 6.07) is 7.88. The van der Waals surface area contributed by atoms with Crippen LogP contribution in [0.4, 0.5) is 0 Å². The van der Waals surface area contributed by atoms with E-state index in [2.05, 4.69) is 15.9 Å². The van der Waals surface area contributed by atoms with Crippen molar-refractivity contribution in [2.24, 2.45) is 5.73 Å². The molecule has 0 aromatic heterocycles. The molecule has 0 aliphatic carbocycles. The Kier molecular flexibility index (Phi) is 5.49. The van der Waals surface area contributed by atoms with Crippen molar-refractivity contribution in [3.05, 3.63) is 28.7 Å². The van der Waals surface area contributed by atoms with Crippen LogP contribution in [0.1, 0.15) is 13.8 Å². The Morgan fingerprint density at radius 1 is 1.47 bits per heavy atom. The number of ether oxygens (including phenoxy) is 1. The van der Waals surface area contributed by atoms with Gasteiger partial charge < -0.3 is 10.5 Å². The van der Waals surface area contributed by atoms with E-state index in [1.54, 1.807) is 25.6 Å². The molecule has 1 unspecified atom stereocenters. The predicted molar refractivity (Wildman–Crippen MR) is 74.1 cm³/mol. The average Bonchev–Trinajstić information content (AvgIpc) is 2.29. The summed E-state index contributed by atoms with van der Waals surface area (Å²) in [6.07, 6.45) is 0. The molecule has 0 aliphatic rings. The topological polar surface area (TPSA) is 52.3 Å². The molecular formula is C12H16BrNO2S. The lowest BCUT2D eigenvalue weighted by Crippen LogP contribution is -2.48. The number of hydrogen-bond donors (Lipinski definition) is 1. The molecule has 1 aromatic carbocycles. The molecule has 2 N–H and O–H groups in total. The molecule has 0 aliphatic heterocycles. The van der Waals surface area contributed by atoms with E-state index < -0.39 is 5.54 Å². The van der Waals surface area contributed by atoms with Gasteiger partial charge in [0.15, 0.2) is 0 Å². The zero-order valence-corrected chi connectivity index (χ0v) is 12.3. The Morgan fingerprint density at radius 2 is 2.06 bits per heavy atom. The van der Waals surface area contributed by atoms with Crippen LogP contribution >= 0.6 is 27.7 Å². The largest absolute Gasteiger partial charge is 0.465 e. The van der Waals surface area contributed by atoms with Gasteiger partial charge in [-0.15, -0.1) is 11.8 Å². The Bertz CT molecular complexity index is 379. The van der Waals surface area contributed by atoms with Crippen molar-refractivity contribution in [1.82, 2.24) is 0 Å². The fraction of sp³-hybridized carbons (Fsp3) is 0.417. The third kappa shape index (κ3) is 4.69. The van der Waals surface area contributed by atoms with E-state index >= 15 is 0 Å². The summed E-state index contributed by atoms with van der Waals surface area (Å²) in [7, 11) is 0. The summed E-state index contributed by atoms with van der Waals surface area (Å²) in [5.74, 6) is 0.137. The smallest absolute Gasteiger partial charge is 0.326 e. The van der Waals surface area contributed by atoms with Gasteiger partial charge in [0.25, 0.3) is 0 Å². The number of halogens is 1. The third-order valence-corrected chi connectivity index (χ3v) is 3.97. The van der Waals surface area contributed by atoms with Crippen LogP contribution in [0, 0.1) is 0 Å². The standard InChI is InChI=1S/C12H16BrNO2S/c1-3-16-11(15)12(2,14)8-17-10-6-4-9(13)5-7-10/h4-7H,3,8,14H2,1-2H3. The minimum absolute atomic E-state index is 0.356. The second-order valence-corrected chi connectivity index (χ2v) is 5.84. The lowest BCUT2D eigenvalue weighted by Gasteiger charge is -2.21. The maximum atomic E-state index is 11.6. The van der Waals surface area contributed by atoms with Gasteiger partial charge in [-0.1, -0.05) is 15.9 Å². The lowest BCUT2D eigenvalue weighted by atomic mass is 10.1. The first kappa shape index (κ1) is 14.5. The zero-order valence-electron chi connectivity index (χ0n) is 9.90. The van der Waals surface area contributed by atoms with Crippen LogP contribution in [-0.4, -0.2) is 23.9 Å². The number of thioether (sulfide) groups is 1. The van der Waals surface area contributed by atoms with Crippen LogP contribution in [0.25, 0.3) is 0 Å². The van der Waals surface area contributed by atoms with Crippen LogP contribution < -0.4 is 5.73 Å². The molecule has 0 fully saturated rings. The Labute approximate surface area is 114 Å². The molecule has 0 amide bonds. The van der Waals surface area contributed by atoms with E-state index in [4.69, 9.17) is 10.5 Å². The van der Waals surface area contributed by atoms with Crippen molar-refractivity contribution in [3.8, 4) is 0 Å². The summed E-state index contributed by atoms with van der Waals surface area (Å²) in [5, 5.41) is 0. The van der Waals surface area contributed by atoms with Crippen molar-refractivity contribution < 1.29 is 9.53 Å². The van der Waals surface area contributed by atoms with E-state index in [0.29, 0.717) is 12.4 Å². The minimum atomic E-state index is -0.951. The molecule has 0 heterocycles. The van der Waals surface area contributed by atoms with Gasteiger partial charge in [0, 0.05) is 15.1 Å². The predicted octanol–water partition coefficient (Wildman–Crippen LogP) is 2.82. The highest BCUT2D eigenvalue weighted by atomic mass is 79.9. The maximum absolute atomic E-state index is 11.6. The van der Waals surface area contributed by atoms with E-state index in [9.17, 15) is 4.79 Å². The summed E-state index contributed by atoms with van der Waals surface area (Å²) >= 11 is 4.92. The number of carbonyl (C=O) groups excluding carboxylic acids is 1. The Morgan fingerprint density at radius 3 is 2.59 bits per heavy atom. The van der Waals surface area contributed by atoms with Gasteiger partial charge in [-0.05, 0) is 38.1 Å². The van der Waals surface area contributed by atoms with E-state index in [0.717, 1.165) is 9.37 Å². The zero-order chi connectivity index (χ0) is 12.9. The number of carbonyl (C=O) groups is 1. The van der Waals surface area contributed by atoms with Crippen LogP contribution in [-0.2, 0) is 9.53 Å². The maximum Gasteiger partial charge on any atom is 0.326 e. The van der Waals surface area contributed by atoms with Crippen LogP contribution in [0.15, 0.2) is 33.6 Å². The van der Waals surface area contributed by atoms with Crippen molar-refractivity contribution >= 4 is 33.7 Å². The molecule has 0 radical (unpaired) electrons. The molecule has 1 rings (SSSR count).